The van der Waals surface area contributed by atoms with Crippen molar-refractivity contribution >= 4 is 12.3 Å². The first-order chi connectivity index (χ1) is 2.41. The second-order valence-corrected chi connectivity index (χ2v) is 0.612. The van der Waals surface area contributed by atoms with Gasteiger partial charge in [-0.15, -0.1) is 0 Å². The Labute approximate surface area is 32.6 Å². The maximum absolute atomic E-state index is 8.67. The van der Waals surface area contributed by atoms with Gasteiger partial charge in [-0.25, -0.2) is 0 Å². The molecule has 0 unspecified atom stereocenters. The average molecular weight is 96.1 g/mol. The molecule has 0 spiro atoms. The van der Waals surface area contributed by atoms with Crippen LogP contribution in [-0.4, -0.2) is 0 Å². The van der Waals surface area contributed by atoms with Crippen molar-refractivity contribution in [1.82, 2.24) is 0 Å². The fourth-order valence-corrected chi connectivity index (χ4v) is 0.0340. The summed E-state index contributed by atoms with van der Waals surface area (Å²) < 4.78 is 5.65. The Bertz CT molecular complexity index is 11.1. The summed E-state index contributed by atoms with van der Waals surface area (Å²) in [5.74, 6) is 0. The fourth-order valence-electron chi connectivity index (χ4n) is 0.0113. The van der Waals surface area contributed by atoms with Crippen LogP contribution in [0, 0.1) is 0 Å². The van der Waals surface area contributed by atoms with E-state index < -0.39 is 0 Å². The molecule has 0 saturated carbocycles. The topological polar surface area (TPSA) is 58.3 Å². The predicted molar refractivity (Wildman–Crippen MR) is 11.1 cm³/mol. The zero-order valence-corrected chi connectivity index (χ0v) is 2.86. The molecule has 0 bridgehead atoms. The zero-order valence-electron chi connectivity index (χ0n) is 2.04. The van der Waals surface area contributed by atoms with Crippen molar-refractivity contribution in [3.8, 4) is 0 Å². The first-order valence-electron chi connectivity index (χ1n) is 0.667. The van der Waals surface area contributed by atoms with Crippen LogP contribution in [-0.2, 0) is 19.2 Å². The molecule has 0 saturated heterocycles. The van der Waals surface area contributed by atoms with Crippen LogP contribution in [0.4, 0.5) is 0 Å². The van der Waals surface area contributed by atoms with Gasteiger partial charge < -0.3 is 0 Å². The van der Waals surface area contributed by atoms with Gasteiger partial charge in [0, 0.05) is 0 Å². The summed E-state index contributed by atoms with van der Waals surface area (Å²) in [5, 5.41) is 17.3. The van der Waals surface area contributed by atoms with Crippen LogP contribution >= 0.6 is 12.3 Å². The van der Waals surface area contributed by atoms with Gasteiger partial charge in [0.25, 0.3) is 0 Å². The molecule has 0 heterocycles. The lowest BCUT2D eigenvalue weighted by Gasteiger charge is -1.71. The van der Waals surface area contributed by atoms with Crippen molar-refractivity contribution in [2.75, 3.05) is 0 Å². The Balaban J connectivity index is 2.19. The maximum atomic E-state index is 8.67. The Morgan fingerprint density at radius 1 is 1.20 bits per heavy atom. The highest BCUT2D eigenvalue weighted by molar-refractivity contribution is 7.89. The highest BCUT2D eigenvalue weighted by Crippen LogP contribution is 1.95. The van der Waals surface area contributed by atoms with Crippen LogP contribution in [0.5, 0.6) is 0 Å². The molecule has 0 aliphatic heterocycles. The summed E-state index contributed by atoms with van der Waals surface area (Å²) in [5.41, 5.74) is 0. The molecule has 0 N–H and O–H groups in total. The third-order valence-corrected chi connectivity index (χ3v) is 0.167. The van der Waals surface area contributed by atoms with Gasteiger partial charge >= 0.3 is 0 Å². The summed E-state index contributed by atoms with van der Waals surface area (Å²) in [7, 11) is 0. The largest absolute Gasteiger partial charge is 0.235 e. The summed E-state index contributed by atoms with van der Waals surface area (Å²) in [6, 6.07) is 0. The molecule has 0 aliphatic carbocycles. The molecule has 0 rings (SSSR count). The molecule has 4 nitrogen and oxygen atoms in total. The quantitative estimate of drug-likeness (QED) is 0.281. The molecule has 5 heavy (non-hydrogen) atoms. The maximum Gasteiger partial charge on any atom is 0.235 e. The van der Waals surface area contributed by atoms with E-state index >= 15 is 0 Å². The van der Waals surface area contributed by atoms with Crippen molar-refractivity contribution in [2.45, 2.75) is 0 Å². The lowest BCUT2D eigenvalue weighted by atomic mass is 14.9. The SMILES string of the molecule is [O]OSO[O]. The minimum Gasteiger partial charge on any atom is -0.0971 e. The zero-order chi connectivity index (χ0) is 4.12. The minimum absolute atomic E-state index is 0.148. The molecule has 0 amide bonds. The highest BCUT2D eigenvalue weighted by atomic mass is 32.2. The van der Waals surface area contributed by atoms with Crippen LogP contribution in [0.2, 0.25) is 0 Å². The van der Waals surface area contributed by atoms with E-state index in [9.17, 15) is 0 Å². The van der Waals surface area contributed by atoms with E-state index in [0.29, 0.717) is 0 Å². The normalized spacial score (nSPS) is 8.40. The van der Waals surface area contributed by atoms with E-state index in [1.54, 1.807) is 0 Å². The van der Waals surface area contributed by atoms with Gasteiger partial charge in [0.2, 0.25) is 12.3 Å². The smallest absolute Gasteiger partial charge is 0.0971 e. The molecule has 0 atom stereocenters. The van der Waals surface area contributed by atoms with Gasteiger partial charge in [-0.05, 0) is 10.5 Å². The first kappa shape index (κ1) is 5.19. The lowest BCUT2D eigenvalue weighted by molar-refractivity contribution is -0.244. The van der Waals surface area contributed by atoms with Crippen molar-refractivity contribution in [2.24, 2.45) is 0 Å². The molecular formula is O4S. The first-order valence-corrected chi connectivity index (χ1v) is 1.33. The Kier molecular flexibility index (Phi) is 4.35. The van der Waals surface area contributed by atoms with E-state index in [1.807, 2.05) is 0 Å². The molecule has 0 fully saturated rings. The summed E-state index contributed by atoms with van der Waals surface area (Å²) in [4.78, 5) is 0. The van der Waals surface area contributed by atoms with Gasteiger partial charge in [-0.3, -0.25) is 0 Å². The van der Waals surface area contributed by atoms with Gasteiger partial charge in [0.1, 0.15) is 0 Å². The predicted octanol–water partition coefficient (Wildman–Crippen LogP) is 0.274. The second-order valence-electron chi connectivity index (χ2n) is 0.204. The molecule has 0 aliphatic rings. The summed E-state index contributed by atoms with van der Waals surface area (Å²) in [6.07, 6.45) is 0. The molecule has 0 aromatic rings. The van der Waals surface area contributed by atoms with E-state index in [-0.39, 0.29) is 12.3 Å². The Morgan fingerprint density at radius 3 is 1.60 bits per heavy atom. The van der Waals surface area contributed by atoms with Gasteiger partial charge in [-0.2, -0.15) is 0 Å². The van der Waals surface area contributed by atoms with Crippen molar-refractivity contribution in [3.05, 3.63) is 0 Å². The highest BCUT2D eigenvalue weighted by Gasteiger charge is 1.77. The van der Waals surface area contributed by atoms with E-state index in [0.717, 1.165) is 0 Å². The number of hydrogen-bond donors (Lipinski definition) is 0. The standard InChI is InChI=1S/O4S/c1-3-5-4-2. The van der Waals surface area contributed by atoms with E-state index in [1.165, 1.54) is 0 Å². The monoisotopic (exact) mass is 96.0 g/mol. The average Bonchev–Trinajstić information content (AvgIpc) is 1.41. The van der Waals surface area contributed by atoms with E-state index in [4.69, 9.17) is 10.5 Å². The molecule has 0 aromatic carbocycles. The third kappa shape index (κ3) is 4.19. The van der Waals surface area contributed by atoms with Crippen molar-refractivity contribution in [1.29, 1.82) is 0 Å². The molecule has 2 radical (unpaired) electrons. The van der Waals surface area contributed by atoms with Crippen LogP contribution in [0.1, 0.15) is 0 Å². The van der Waals surface area contributed by atoms with Gasteiger partial charge in [0.15, 0.2) is 0 Å². The second kappa shape index (κ2) is 4.19. The van der Waals surface area contributed by atoms with Crippen molar-refractivity contribution < 1.29 is 19.2 Å². The van der Waals surface area contributed by atoms with Gasteiger partial charge in [0.05, 0.1) is 0 Å². The number of hydrogen-bond acceptors (Lipinski definition) is 3. The van der Waals surface area contributed by atoms with Crippen LogP contribution in [0.15, 0.2) is 0 Å². The number of rotatable bonds is 2. The van der Waals surface area contributed by atoms with Crippen LogP contribution in [0.25, 0.3) is 0 Å². The summed E-state index contributed by atoms with van der Waals surface area (Å²) in [6.45, 7) is 0. The van der Waals surface area contributed by atoms with Crippen LogP contribution < -0.4 is 0 Å². The molecular weight excluding hydrogens is 96.1 g/mol. The van der Waals surface area contributed by atoms with Crippen LogP contribution in [0.3, 0.4) is 0 Å². The van der Waals surface area contributed by atoms with Crippen molar-refractivity contribution in [3.63, 3.8) is 0 Å². The lowest BCUT2D eigenvalue weighted by Crippen LogP contribution is -1.62. The molecule has 0 aromatic heterocycles. The fraction of sp³-hybridized carbons (Fsp3) is 0. The minimum atomic E-state index is -0.148. The van der Waals surface area contributed by atoms with Gasteiger partial charge in [-0.1, -0.05) is 8.67 Å². The van der Waals surface area contributed by atoms with E-state index in [2.05, 4.69) is 8.67 Å². The third-order valence-electron chi connectivity index (χ3n) is 0.0556. The Morgan fingerprint density at radius 2 is 1.60 bits per heavy atom. The molecule has 5 heteroatoms. The Hall–Kier alpha value is 0.190. The molecule has 30 valence electrons. The summed E-state index contributed by atoms with van der Waals surface area (Å²) >= 11 is -0.148.